The summed E-state index contributed by atoms with van der Waals surface area (Å²) in [6.07, 6.45) is 6.54. The summed E-state index contributed by atoms with van der Waals surface area (Å²) in [5, 5.41) is 0.507. The lowest BCUT2D eigenvalue weighted by atomic mass is 10.1. The molecule has 26 heavy (non-hydrogen) atoms. The first-order chi connectivity index (χ1) is 12.5. The molecule has 0 radical (unpaired) electrons. The lowest BCUT2D eigenvalue weighted by molar-refractivity contribution is 0.309. The molecule has 0 spiro atoms. The van der Waals surface area contributed by atoms with Crippen LogP contribution in [0.4, 0.5) is 0 Å². The Balaban J connectivity index is 1.81. The molecular formula is C19H20ClN3O2S. The third-order valence-electron chi connectivity index (χ3n) is 5.10. The molecule has 5 nitrogen and oxygen atoms in total. The summed E-state index contributed by atoms with van der Waals surface area (Å²) in [5.41, 5.74) is 2.33. The zero-order valence-electron chi connectivity index (χ0n) is 14.5. The van der Waals surface area contributed by atoms with E-state index in [4.69, 9.17) is 11.6 Å². The van der Waals surface area contributed by atoms with Crippen LogP contribution >= 0.6 is 11.6 Å². The number of hydrogen-bond donors (Lipinski definition) is 0. The number of nitrogens with zero attached hydrogens (tertiary/aromatic N) is 3. The molecule has 1 fully saturated rings. The number of rotatable bonds is 4. The van der Waals surface area contributed by atoms with Gasteiger partial charge in [-0.3, -0.25) is 4.98 Å². The zero-order chi connectivity index (χ0) is 18.3. The molecule has 1 aliphatic heterocycles. The summed E-state index contributed by atoms with van der Waals surface area (Å²) >= 11 is 5.90. The number of pyridine rings is 1. The van der Waals surface area contributed by atoms with Crippen molar-refractivity contribution >= 4 is 32.7 Å². The molecule has 0 unspecified atom stereocenters. The first-order valence-electron chi connectivity index (χ1n) is 8.63. The minimum absolute atomic E-state index is 0.215. The molecule has 0 amide bonds. The maximum Gasteiger partial charge on any atom is 0.268 e. The Hall–Kier alpha value is -1.89. The van der Waals surface area contributed by atoms with Crippen molar-refractivity contribution in [1.82, 2.24) is 13.9 Å². The highest BCUT2D eigenvalue weighted by Crippen LogP contribution is 2.28. The van der Waals surface area contributed by atoms with Crippen LogP contribution in [0.2, 0.25) is 5.02 Å². The normalized spacial score (nSPS) is 18.6. The standard InChI is InChI=1S/C19H20ClN3O2S/c1-22-11-3-4-16(22)12-14-13-23(18-5-2-10-21-19(14)18)26(24,25)17-8-6-15(20)7-9-17/h2,5-10,13,16H,3-4,11-12H2,1H3/t16-/m1/s1. The van der Waals surface area contributed by atoms with Crippen molar-refractivity contribution in [3.8, 4) is 0 Å². The van der Waals surface area contributed by atoms with Crippen LogP contribution in [0.1, 0.15) is 18.4 Å². The van der Waals surface area contributed by atoms with Gasteiger partial charge in [-0.1, -0.05) is 11.6 Å². The largest absolute Gasteiger partial charge is 0.303 e. The van der Waals surface area contributed by atoms with Gasteiger partial charge in [-0.2, -0.15) is 0 Å². The number of likely N-dealkylation sites (N-methyl/N-ethyl adjacent to an activating group) is 1. The summed E-state index contributed by atoms with van der Waals surface area (Å²) < 4.78 is 27.7. The number of halogens is 1. The number of hydrogen-bond acceptors (Lipinski definition) is 4. The van der Waals surface area contributed by atoms with Crippen molar-refractivity contribution in [2.75, 3.05) is 13.6 Å². The summed E-state index contributed by atoms with van der Waals surface area (Å²) in [4.78, 5) is 7.01. The Kier molecular flexibility index (Phi) is 4.50. The van der Waals surface area contributed by atoms with Crippen molar-refractivity contribution in [2.24, 2.45) is 0 Å². The Morgan fingerprint density at radius 2 is 2.00 bits per heavy atom. The van der Waals surface area contributed by atoms with Gasteiger partial charge in [0.05, 0.1) is 15.9 Å². The molecule has 1 atom stereocenters. The van der Waals surface area contributed by atoms with Crippen LogP contribution in [0.15, 0.2) is 53.7 Å². The fraction of sp³-hybridized carbons (Fsp3) is 0.316. The second kappa shape index (κ2) is 6.68. The van der Waals surface area contributed by atoms with Crippen LogP contribution < -0.4 is 0 Å². The third-order valence-corrected chi connectivity index (χ3v) is 7.04. The number of benzene rings is 1. The molecule has 2 aromatic heterocycles. The predicted octanol–water partition coefficient (Wildman–Crippen LogP) is 3.56. The van der Waals surface area contributed by atoms with Crippen LogP contribution in [-0.2, 0) is 16.4 Å². The summed E-state index contributed by atoms with van der Waals surface area (Å²) in [6.45, 7) is 1.08. The lowest BCUT2D eigenvalue weighted by Gasteiger charge is -2.18. The molecule has 4 rings (SSSR count). The second-order valence-electron chi connectivity index (χ2n) is 6.76. The van der Waals surface area contributed by atoms with E-state index in [0.29, 0.717) is 16.6 Å². The van der Waals surface area contributed by atoms with E-state index in [2.05, 4.69) is 16.9 Å². The molecule has 0 N–H and O–H groups in total. The molecule has 0 saturated carbocycles. The Morgan fingerprint density at radius 1 is 1.23 bits per heavy atom. The average molecular weight is 390 g/mol. The molecular weight excluding hydrogens is 370 g/mol. The van der Waals surface area contributed by atoms with Gasteiger partial charge in [0.2, 0.25) is 0 Å². The van der Waals surface area contributed by atoms with Crippen LogP contribution in [0.5, 0.6) is 0 Å². The minimum atomic E-state index is -3.70. The fourth-order valence-corrected chi connectivity index (χ4v) is 5.16. The first-order valence-corrected chi connectivity index (χ1v) is 10.4. The quantitative estimate of drug-likeness (QED) is 0.684. The highest BCUT2D eigenvalue weighted by Gasteiger charge is 2.26. The second-order valence-corrected chi connectivity index (χ2v) is 9.01. The van der Waals surface area contributed by atoms with E-state index in [9.17, 15) is 8.42 Å². The number of aromatic nitrogens is 2. The molecule has 7 heteroatoms. The van der Waals surface area contributed by atoms with Gasteiger partial charge in [0.15, 0.2) is 0 Å². The van der Waals surface area contributed by atoms with Crippen molar-refractivity contribution in [3.05, 3.63) is 59.4 Å². The molecule has 3 heterocycles. The van der Waals surface area contributed by atoms with Gasteiger partial charge < -0.3 is 4.90 Å². The summed E-state index contributed by atoms with van der Waals surface area (Å²) in [7, 11) is -1.58. The van der Waals surface area contributed by atoms with Gasteiger partial charge in [-0.05, 0) is 74.8 Å². The van der Waals surface area contributed by atoms with E-state index < -0.39 is 10.0 Å². The number of fused-ring (bicyclic) bond motifs is 1. The Morgan fingerprint density at radius 3 is 2.69 bits per heavy atom. The van der Waals surface area contributed by atoms with E-state index in [1.54, 1.807) is 36.7 Å². The topological polar surface area (TPSA) is 55.2 Å². The summed E-state index contributed by atoms with van der Waals surface area (Å²) in [6, 6.07) is 10.2. The van der Waals surface area contributed by atoms with Crippen LogP contribution in [0.3, 0.4) is 0 Å². The van der Waals surface area contributed by atoms with Crippen LogP contribution in [0.25, 0.3) is 11.0 Å². The van der Waals surface area contributed by atoms with Gasteiger partial charge in [0.25, 0.3) is 10.0 Å². The molecule has 136 valence electrons. The van der Waals surface area contributed by atoms with Crippen molar-refractivity contribution in [3.63, 3.8) is 0 Å². The predicted molar refractivity (Wildman–Crippen MR) is 103 cm³/mol. The van der Waals surface area contributed by atoms with E-state index in [-0.39, 0.29) is 4.90 Å². The number of likely N-dealkylation sites (tertiary alicyclic amines) is 1. The Bertz CT molecular complexity index is 1040. The maximum atomic E-state index is 13.2. The van der Waals surface area contributed by atoms with Crippen LogP contribution in [0, 0.1) is 0 Å². The molecule has 0 aliphatic carbocycles. The molecule has 1 saturated heterocycles. The minimum Gasteiger partial charge on any atom is -0.303 e. The van der Waals surface area contributed by atoms with E-state index in [0.717, 1.165) is 30.5 Å². The van der Waals surface area contributed by atoms with E-state index >= 15 is 0 Å². The lowest BCUT2D eigenvalue weighted by Crippen LogP contribution is -2.26. The highest BCUT2D eigenvalue weighted by molar-refractivity contribution is 7.90. The first kappa shape index (κ1) is 17.5. The van der Waals surface area contributed by atoms with Gasteiger partial charge in [0, 0.05) is 23.5 Å². The van der Waals surface area contributed by atoms with Crippen molar-refractivity contribution < 1.29 is 8.42 Å². The molecule has 3 aromatic rings. The maximum absolute atomic E-state index is 13.2. The molecule has 0 bridgehead atoms. The highest BCUT2D eigenvalue weighted by atomic mass is 35.5. The molecule has 1 aliphatic rings. The Labute approximate surface area is 158 Å². The van der Waals surface area contributed by atoms with E-state index in [1.807, 2.05) is 0 Å². The summed E-state index contributed by atoms with van der Waals surface area (Å²) in [5.74, 6) is 0. The zero-order valence-corrected chi connectivity index (χ0v) is 16.0. The van der Waals surface area contributed by atoms with Gasteiger partial charge >= 0.3 is 0 Å². The third kappa shape index (κ3) is 3.02. The average Bonchev–Trinajstić information content (AvgIpc) is 3.20. The van der Waals surface area contributed by atoms with Crippen molar-refractivity contribution in [1.29, 1.82) is 0 Å². The van der Waals surface area contributed by atoms with Gasteiger partial charge in [-0.25, -0.2) is 12.4 Å². The smallest absolute Gasteiger partial charge is 0.268 e. The van der Waals surface area contributed by atoms with E-state index in [1.165, 1.54) is 22.5 Å². The van der Waals surface area contributed by atoms with Gasteiger partial charge in [0.1, 0.15) is 0 Å². The van der Waals surface area contributed by atoms with Gasteiger partial charge in [-0.15, -0.1) is 0 Å². The monoisotopic (exact) mass is 389 g/mol. The fourth-order valence-electron chi connectivity index (χ4n) is 3.65. The van der Waals surface area contributed by atoms with Crippen LogP contribution in [-0.4, -0.2) is 41.9 Å². The SMILES string of the molecule is CN1CCC[C@@H]1Cc1cn(S(=O)(=O)c2ccc(Cl)cc2)c2cccnc12. The molecule has 1 aromatic carbocycles. The van der Waals surface area contributed by atoms with Crippen molar-refractivity contribution in [2.45, 2.75) is 30.2 Å².